The highest BCUT2D eigenvalue weighted by Gasteiger charge is 2.49. The van der Waals surface area contributed by atoms with Crippen LogP contribution in [0.15, 0.2) is 0 Å². The Morgan fingerprint density at radius 2 is 2.15 bits per heavy atom. The number of hydrogen-bond acceptors (Lipinski definition) is 3. The summed E-state index contributed by atoms with van der Waals surface area (Å²) < 4.78 is 11.1. The first-order chi connectivity index (χ1) is 9.40. The van der Waals surface area contributed by atoms with Gasteiger partial charge in [-0.2, -0.15) is 0 Å². The van der Waals surface area contributed by atoms with E-state index in [1.54, 1.807) is 13.2 Å². The highest BCUT2D eigenvalue weighted by atomic mass is 32.2. The number of hydrogen-bond donors (Lipinski definition) is 2. The Labute approximate surface area is 121 Å². The summed E-state index contributed by atoms with van der Waals surface area (Å²) in [7, 11) is -0.985. The number of aliphatic carboxylic acids is 1. The van der Waals surface area contributed by atoms with Gasteiger partial charge in [-0.15, -0.1) is 0 Å². The van der Waals surface area contributed by atoms with E-state index in [0.717, 1.165) is 19.3 Å². The predicted octanol–water partition coefficient (Wildman–Crippen LogP) is 0.648. The van der Waals surface area contributed by atoms with Gasteiger partial charge >= 0.3 is 12.0 Å². The van der Waals surface area contributed by atoms with Crippen LogP contribution in [0.5, 0.6) is 0 Å². The van der Waals surface area contributed by atoms with E-state index in [4.69, 9.17) is 0 Å². The number of nitrogens with zero attached hydrogens (tertiary/aromatic N) is 1. The minimum atomic E-state index is -0.985. The van der Waals surface area contributed by atoms with Crippen molar-refractivity contribution in [1.82, 2.24) is 10.2 Å². The molecule has 0 aromatic rings. The lowest BCUT2D eigenvalue weighted by Crippen LogP contribution is -2.50. The predicted molar refractivity (Wildman–Crippen MR) is 75.9 cm³/mol. The number of fused-ring (bicyclic) bond motifs is 1. The van der Waals surface area contributed by atoms with Gasteiger partial charge in [0.15, 0.2) is 0 Å². The number of carboxylic acids is 1. The van der Waals surface area contributed by atoms with Crippen LogP contribution in [-0.4, -0.2) is 56.9 Å². The minimum Gasteiger partial charge on any atom is -0.480 e. The molecule has 6 nitrogen and oxygen atoms in total. The van der Waals surface area contributed by atoms with Crippen LogP contribution in [-0.2, 0) is 15.6 Å². The summed E-state index contributed by atoms with van der Waals surface area (Å²) in [5, 5.41) is 12.1. The van der Waals surface area contributed by atoms with E-state index >= 15 is 0 Å². The molecular weight excluding hydrogens is 280 g/mol. The van der Waals surface area contributed by atoms with Gasteiger partial charge in [0.25, 0.3) is 0 Å². The average molecular weight is 302 g/mol. The number of carbonyl (C=O) groups excluding carboxylic acids is 1. The molecular formula is C13H22N2O4S. The molecule has 1 heterocycles. The van der Waals surface area contributed by atoms with Crippen LogP contribution < -0.4 is 5.32 Å². The molecule has 0 aromatic heterocycles. The smallest absolute Gasteiger partial charge is 0.326 e. The Morgan fingerprint density at radius 3 is 2.75 bits per heavy atom. The van der Waals surface area contributed by atoms with Crippen molar-refractivity contribution < 1.29 is 18.9 Å². The van der Waals surface area contributed by atoms with Crippen molar-refractivity contribution in [3.63, 3.8) is 0 Å². The van der Waals surface area contributed by atoms with Gasteiger partial charge in [-0.3, -0.25) is 4.21 Å². The van der Waals surface area contributed by atoms with Crippen LogP contribution in [0.25, 0.3) is 0 Å². The fraction of sp³-hybridized carbons (Fsp3) is 0.846. The van der Waals surface area contributed by atoms with Crippen molar-refractivity contribution in [2.24, 2.45) is 11.8 Å². The van der Waals surface area contributed by atoms with Crippen molar-refractivity contribution >= 4 is 22.8 Å². The number of carboxylic acid groups (broad SMARTS) is 1. The quantitative estimate of drug-likeness (QED) is 0.798. The highest BCUT2D eigenvalue weighted by molar-refractivity contribution is 7.84. The van der Waals surface area contributed by atoms with E-state index in [2.05, 4.69) is 5.32 Å². The topological polar surface area (TPSA) is 86.7 Å². The Balaban J connectivity index is 2.01. The lowest BCUT2D eigenvalue weighted by atomic mass is 9.94. The summed E-state index contributed by atoms with van der Waals surface area (Å²) in [4.78, 5) is 25.1. The number of urea groups is 1. The number of rotatable bonds is 4. The van der Waals surface area contributed by atoms with E-state index in [0.29, 0.717) is 18.2 Å². The Bertz CT molecular complexity index is 429. The molecule has 1 saturated heterocycles. The molecule has 1 aliphatic heterocycles. The average Bonchev–Trinajstić information content (AvgIpc) is 2.84. The van der Waals surface area contributed by atoms with Crippen LogP contribution in [0.3, 0.4) is 0 Å². The van der Waals surface area contributed by atoms with Gasteiger partial charge in [0.05, 0.1) is 0 Å². The summed E-state index contributed by atoms with van der Waals surface area (Å²) in [6.45, 7) is 2.31. The summed E-state index contributed by atoms with van der Waals surface area (Å²) in [5.41, 5.74) is 0. The lowest BCUT2D eigenvalue weighted by Gasteiger charge is -2.26. The van der Waals surface area contributed by atoms with E-state index < -0.39 is 22.8 Å². The standard InChI is InChI=1S/C13H22N2O4S/c1-8(7-20(2)19)14-13(18)15-6-9-4-3-5-10(9)11(15)12(16)17/h8-11H,3-7H2,1-2H3,(H,14,18)(H,16,17). The Morgan fingerprint density at radius 1 is 1.45 bits per heavy atom. The SMILES string of the molecule is CC(CS(C)=O)NC(=O)N1CC2CCCC2C1C(=O)O. The first-order valence-electron chi connectivity index (χ1n) is 7.00. The molecule has 2 rings (SSSR count). The summed E-state index contributed by atoms with van der Waals surface area (Å²) in [5.74, 6) is -0.128. The molecule has 2 fully saturated rings. The molecule has 5 atom stereocenters. The Kier molecular flexibility index (Phi) is 4.67. The fourth-order valence-corrected chi connectivity index (χ4v) is 4.31. The fourth-order valence-electron chi connectivity index (χ4n) is 3.52. The summed E-state index contributed by atoms with van der Waals surface area (Å²) in [6, 6.07) is -1.27. The molecule has 0 bridgehead atoms. The zero-order valence-electron chi connectivity index (χ0n) is 11.9. The maximum Gasteiger partial charge on any atom is 0.326 e. The second-order valence-electron chi connectivity index (χ2n) is 5.88. The van der Waals surface area contributed by atoms with Crippen molar-refractivity contribution in [2.45, 2.75) is 38.3 Å². The van der Waals surface area contributed by atoms with Crippen LogP contribution in [0.4, 0.5) is 4.79 Å². The third-order valence-electron chi connectivity index (χ3n) is 4.26. The molecule has 2 amide bonds. The molecule has 2 N–H and O–H groups in total. The Hall–Kier alpha value is -1.11. The van der Waals surface area contributed by atoms with Crippen molar-refractivity contribution in [3.05, 3.63) is 0 Å². The number of carbonyl (C=O) groups is 2. The number of amides is 2. The molecule has 5 unspecified atom stereocenters. The molecule has 7 heteroatoms. The van der Waals surface area contributed by atoms with Crippen LogP contribution in [0.1, 0.15) is 26.2 Å². The van der Waals surface area contributed by atoms with E-state index in [1.165, 1.54) is 4.90 Å². The van der Waals surface area contributed by atoms with Gasteiger partial charge in [0.2, 0.25) is 0 Å². The maximum absolute atomic E-state index is 12.2. The number of likely N-dealkylation sites (tertiary alicyclic amines) is 1. The first-order valence-corrected chi connectivity index (χ1v) is 8.73. The summed E-state index contributed by atoms with van der Waals surface area (Å²) >= 11 is 0. The van der Waals surface area contributed by atoms with E-state index in [-0.39, 0.29) is 18.0 Å². The largest absolute Gasteiger partial charge is 0.480 e. The van der Waals surface area contributed by atoms with Crippen molar-refractivity contribution in [3.8, 4) is 0 Å². The van der Waals surface area contributed by atoms with Gasteiger partial charge in [-0.05, 0) is 31.6 Å². The maximum atomic E-state index is 12.2. The molecule has 1 saturated carbocycles. The van der Waals surface area contributed by atoms with Gasteiger partial charge in [0, 0.05) is 35.4 Å². The third-order valence-corrected chi connectivity index (χ3v) is 5.23. The van der Waals surface area contributed by atoms with E-state index in [9.17, 15) is 18.9 Å². The molecule has 0 radical (unpaired) electrons. The molecule has 2 aliphatic rings. The second-order valence-corrected chi connectivity index (χ2v) is 7.36. The van der Waals surface area contributed by atoms with Gasteiger partial charge < -0.3 is 15.3 Å². The van der Waals surface area contributed by atoms with Crippen LogP contribution >= 0.6 is 0 Å². The molecule has 114 valence electrons. The molecule has 1 aliphatic carbocycles. The highest BCUT2D eigenvalue weighted by Crippen LogP contribution is 2.42. The molecule has 0 spiro atoms. The normalized spacial score (nSPS) is 31.7. The molecule has 20 heavy (non-hydrogen) atoms. The number of nitrogens with one attached hydrogen (secondary N) is 1. The lowest BCUT2D eigenvalue weighted by molar-refractivity contribution is -0.142. The third kappa shape index (κ3) is 3.13. The first kappa shape index (κ1) is 15.3. The monoisotopic (exact) mass is 302 g/mol. The zero-order valence-corrected chi connectivity index (χ0v) is 12.7. The van der Waals surface area contributed by atoms with Crippen LogP contribution in [0, 0.1) is 11.8 Å². The molecule has 0 aromatic carbocycles. The van der Waals surface area contributed by atoms with Crippen molar-refractivity contribution in [2.75, 3.05) is 18.6 Å². The van der Waals surface area contributed by atoms with Crippen molar-refractivity contribution in [1.29, 1.82) is 0 Å². The van der Waals surface area contributed by atoms with Gasteiger partial charge in [-0.25, -0.2) is 9.59 Å². The zero-order chi connectivity index (χ0) is 14.9. The van der Waals surface area contributed by atoms with Gasteiger partial charge in [0.1, 0.15) is 6.04 Å². The van der Waals surface area contributed by atoms with E-state index in [1.807, 2.05) is 0 Å². The second kappa shape index (κ2) is 6.11. The van der Waals surface area contributed by atoms with Crippen LogP contribution in [0.2, 0.25) is 0 Å². The minimum absolute atomic E-state index is 0.0915. The van der Waals surface area contributed by atoms with Gasteiger partial charge in [-0.1, -0.05) is 6.42 Å². The summed E-state index contributed by atoms with van der Waals surface area (Å²) in [6.07, 6.45) is 4.54.